The molecule has 1 amide bonds. The van der Waals surface area contributed by atoms with Gasteiger partial charge in [-0.2, -0.15) is 13.2 Å². The van der Waals surface area contributed by atoms with Crippen molar-refractivity contribution in [2.75, 3.05) is 49.4 Å². The van der Waals surface area contributed by atoms with E-state index in [1.165, 1.54) is 0 Å². The molecule has 40 heavy (non-hydrogen) atoms. The van der Waals surface area contributed by atoms with Gasteiger partial charge in [0.05, 0.1) is 10.5 Å². The molecule has 222 valence electrons. The molecule has 0 radical (unpaired) electrons. The van der Waals surface area contributed by atoms with Crippen molar-refractivity contribution in [2.24, 2.45) is 0 Å². The van der Waals surface area contributed by atoms with E-state index in [-0.39, 0.29) is 10.8 Å². The monoisotopic (exact) mass is 586 g/mol. The standard InChI is InChI=1S/C25H36N4O3S.C2HF3O2/c1-5-6-15-28(4)25(30)23-18-21(9-12-24(23)29-16-13-26-14-17-29)27-33(31,32)22-10-7-20(8-11-22)19(2)3;3-2(4,5)1(6)7/h7-12,18-19,26-27H,5-6,13-17H2,1-4H3;(H,6,7). The molecule has 0 bridgehead atoms. The Hall–Kier alpha value is -3.32. The number of amides is 1. The maximum Gasteiger partial charge on any atom is 0.490 e. The van der Waals surface area contributed by atoms with Gasteiger partial charge in [0, 0.05) is 51.1 Å². The minimum Gasteiger partial charge on any atom is -0.475 e. The highest BCUT2D eigenvalue weighted by molar-refractivity contribution is 7.92. The molecule has 1 heterocycles. The van der Waals surface area contributed by atoms with Gasteiger partial charge in [-0.25, -0.2) is 13.2 Å². The number of carboxylic acid groups (broad SMARTS) is 1. The Bertz CT molecular complexity index is 1250. The number of carbonyl (C=O) groups excluding carboxylic acids is 1. The summed E-state index contributed by atoms with van der Waals surface area (Å²) in [6.07, 6.45) is -3.17. The number of carbonyl (C=O) groups is 2. The zero-order valence-electron chi connectivity index (χ0n) is 23.1. The van der Waals surface area contributed by atoms with Crippen LogP contribution >= 0.6 is 0 Å². The molecule has 0 aromatic heterocycles. The molecule has 2 aromatic rings. The van der Waals surface area contributed by atoms with Crippen molar-refractivity contribution in [3.63, 3.8) is 0 Å². The van der Waals surface area contributed by atoms with Gasteiger partial charge >= 0.3 is 12.1 Å². The zero-order chi connectivity index (χ0) is 30.1. The summed E-state index contributed by atoms with van der Waals surface area (Å²) in [4.78, 5) is 26.3. The summed E-state index contributed by atoms with van der Waals surface area (Å²) in [6.45, 7) is 10.2. The highest BCUT2D eigenvalue weighted by Crippen LogP contribution is 2.28. The number of benzene rings is 2. The van der Waals surface area contributed by atoms with Crippen LogP contribution in [0.15, 0.2) is 47.4 Å². The molecule has 1 aliphatic rings. The molecular weight excluding hydrogens is 549 g/mol. The van der Waals surface area contributed by atoms with E-state index >= 15 is 0 Å². The maximum atomic E-state index is 13.3. The number of nitrogens with zero attached hydrogens (tertiary/aromatic N) is 2. The second kappa shape index (κ2) is 14.4. The number of carboxylic acids is 1. The maximum absolute atomic E-state index is 13.3. The van der Waals surface area contributed by atoms with E-state index in [1.807, 2.05) is 18.2 Å². The van der Waals surface area contributed by atoms with E-state index in [0.29, 0.717) is 23.7 Å². The normalized spacial score (nSPS) is 13.8. The molecular formula is C27H37F3N4O5S. The lowest BCUT2D eigenvalue weighted by atomic mass is 10.0. The van der Waals surface area contributed by atoms with Crippen LogP contribution in [0.5, 0.6) is 0 Å². The van der Waals surface area contributed by atoms with E-state index in [9.17, 15) is 26.4 Å². The molecule has 9 nitrogen and oxygen atoms in total. The van der Waals surface area contributed by atoms with Crippen molar-refractivity contribution in [1.29, 1.82) is 0 Å². The van der Waals surface area contributed by atoms with Crippen LogP contribution in [0.25, 0.3) is 0 Å². The van der Waals surface area contributed by atoms with E-state index < -0.39 is 22.2 Å². The van der Waals surface area contributed by atoms with Gasteiger partial charge in [0.25, 0.3) is 15.9 Å². The summed E-state index contributed by atoms with van der Waals surface area (Å²) < 4.78 is 60.4. The molecule has 2 aromatic carbocycles. The molecule has 1 fully saturated rings. The first kappa shape index (κ1) is 32.9. The third-order valence-corrected chi connectivity index (χ3v) is 7.63. The predicted molar refractivity (Wildman–Crippen MR) is 148 cm³/mol. The Morgan fingerprint density at radius 2 is 1.68 bits per heavy atom. The van der Waals surface area contributed by atoms with E-state index in [1.54, 1.807) is 36.2 Å². The van der Waals surface area contributed by atoms with Crippen LogP contribution in [0.3, 0.4) is 0 Å². The summed E-state index contributed by atoms with van der Waals surface area (Å²) in [5, 5.41) is 10.5. The number of anilines is 2. The third kappa shape index (κ3) is 9.40. The van der Waals surface area contributed by atoms with Gasteiger partial charge in [-0.15, -0.1) is 0 Å². The van der Waals surface area contributed by atoms with Crippen LogP contribution in [0.4, 0.5) is 24.5 Å². The van der Waals surface area contributed by atoms with Crippen molar-refractivity contribution in [3.05, 3.63) is 53.6 Å². The largest absolute Gasteiger partial charge is 0.490 e. The number of nitrogens with one attached hydrogen (secondary N) is 2. The number of rotatable bonds is 9. The fourth-order valence-electron chi connectivity index (χ4n) is 3.90. The first-order valence-electron chi connectivity index (χ1n) is 13.0. The van der Waals surface area contributed by atoms with Gasteiger partial charge in [0.15, 0.2) is 0 Å². The van der Waals surface area contributed by atoms with Crippen LogP contribution < -0.4 is 14.9 Å². The Kier molecular flexibility index (Phi) is 11.8. The number of hydrogen-bond donors (Lipinski definition) is 3. The average molecular weight is 587 g/mol. The minimum absolute atomic E-state index is 0.0979. The summed E-state index contributed by atoms with van der Waals surface area (Å²) in [7, 11) is -1.97. The summed E-state index contributed by atoms with van der Waals surface area (Å²) in [5.41, 5.74) is 2.83. The Morgan fingerprint density at radius 1 is 1.10 bits per heavy atom. The Morgan fingerprint density at radius 3 is 2.17 bits per heavy atom. The van der Waals surface area contributed by atoms with Crippen molar-refractivity contribution in [3.8, 4) is 0 Å². The number of sulfonamides is 1. The van der Waals surface area contributed by atoms with Crippen molar-refractivity contribution >= 4 is 33.3 Å². The van der Waals surface area contributed by atoms with Crippen molar-refractivity contribution in [1.82, 2.24) is 10.2 Å². The highest BCUT2D eigenvalue weighted by Gasteiger charge is 2.38. The van der Waals surface area contributed by atoms with E-state index in [4.69, 9.17) is 9.90 Å². The van der Waals surface area contributed by atoms with Crippen molar-refractivity contribution < 1.29 is 36.3 Å². The van der Waals surface area contributed by atoms with Crippen LogP contribution in [0.2, 0.25) is 0 Å². The smallest absolute Gasteiger partial charge is 0.475 e. The Balaban J connectivity index is 0.000000708. The second-order valence-electron chi connectivity index (χ2n) is 9.68. The number of unbranched alkanes of at least 4 members (excludes halogenated alkanes) is 1. The summed E-state index contributed by atoms with van der Waals surface area (Å²) in [5.74, 6) is -2.53. The molecule has 0 atom stereocenters. The van der Waals surface area contributed by atoms with E-state index in [0.717, 1.165) is 50.3 Å². The van der Waals surface area contributed by atoms with Crippen LogP contribution in [0.1, 0.15) is 55.5 Å². The topological polar surface area (TPSA) is 119 Å². The van der Waals surface area contributed by atoms with E-state index in [2.05, 4.69) is 35.7 Å². The number of halogens is 3. The highest BCUT2D eigenvalue weighted by atomic mass is 32.2. The molecule has 0 spiro atoms. The fourth-order valence-corrected chi connectivity index (χ4v) is 4.95. The van der Waals surface area contributed by atoms with Gasteiger partial charge in [0.1, 0.15) is 0 Å². The number of hydrogen-bond acceptors (Lipinski definition) is 6. The number of piperazine rings is 1. The molecule has 0 saturated carbocycles. The summed E-state index contributed by atoms with van der Waals surface area (Å²) >= 11 is 0. The van der Waals surface area contributed by atoms with Gasteiger partial charge in [0.2, 0.25) is 0 Å². The van der Waals surface area contributed by atoms with Gasteiger partial charge in [-0.3, -0.25) is 9.52 Å². The lowest BCUT2D eigenvalue weighted by Gasteiger charge is -2.32. The van der Waals surface area contributed by atoms with Gasteiger partial charge in [-0.1, -0.05) is 39.3 Å². The predicted octanol–water partition coefficient (Wildman–Crippen LogP) is 4.53. The number of aliphatic carboxylic acids is 1. The van der Waals surface area contributed by atoms with Crippen LogP contribution in [-0.2, 0) is 14.8 Å². The molecule has 1 saturated heterocycles. The SMILES string of the molecule is CCCCN(C)C(=O)c1cc(NS(=O)(=O)c2ccc(C(C)C)cc2)ccc1N1CCNCC1.O=C(O)C(F)(F)F. The first-order valence-corrected chi connectivity index (χ1v) is 14.4. The molecule has 1 aliphatic heterocycles. The summed E-state index contributed by atoms with van der Waals surface area (Å²) in [6, 6.07) is 12.2. The van der Waals surface area contributed by atoms with Gasteiger partial charge < -0.3 is 20.2 Å². The molecule has 0 unspecified atom stereocenters. The molecule has 13 heteroatoms. The second-order valence-corrected chi connectivity index (χ2v) is 11.4. The lowest BCUT2D eigenvalue weighted by molar-refractivity contribution is -0.192. The third-order valence-electron chi connectivity index (χ3n) is 6.23. The molecule has 0 aliphatic carbocycles. The Labute approximate surface area is 233 Å². The zero-order valence-corrected chi connectivity index (χ0v) is 23.9. The molecule has 3 rings (SSSR count). The number of alkyl halides is 3. The lowest BCUT2D eigenvalue weighted by Crippen LogP contribution is -2.44. The van der Waals surface area contributed by atoms with Crippen LogP contribution in [-0.4, -0.2) is 76.2 Å². The van der Waals surface area contributed by atoms with Crippen molar-refractivity contribution in [2.45, 2.75) is 50.6 Å². The fraction of sp³-hybridized carbons (Fsp3) is 0.481. The quantitative estimate of drug-likeness (QED) is 0.395. The van der Waals surface area contributed by atoms with Gasteiger partial charge in [-0.05, 0) is 48.2 Å². The molecule has 3 N–H and O–H groups in total. The first-order chi connectivity index (χ1) is 18.7. The van der Waals surface area contributed by atoms with Crippen LogP contribution in [0, 0.1) is 0 Å². The average Bonchev–Trinajstić information content (AvgIpc) is 2.91. The minimum atomic E-state index is -5.08.